The summed E-state index contributed by atoms with van der Waals surface area (Å²) in [5, 5.41) is 16.8. The molecule has 0 aliphatic carbocycles. The molecule has 0 aromatic carbocycles. The summed E-state index contributed by atoms with van der Waals surface area (Å²) in [6, 6.07) is -4.16. The number of carboxylic acids is 1. The fourth-order valence-electron chi connectivity index (χ4n) is 3.13. The molecule has 0 aliphatic rings. The number of rotatable bonds is 19. The highest BCUT2D eigenvalue weighted by atomic mass is 16.4. The second-order valence-corrected chi connectivity index (χ2v) is 8.48. The maximum Gasteiger partial charge on any atom is 0.326 e. The minimum absolute atomic E-state index is 0.0704. The number of aliphatic imine (C=N–C) groups is 2. The van der Waals surface area contributed by atoms with Gasteiger partial charge in [0.15, 0.2) is 11.9 Å². The number of aliphatic carboxylic acids is 1. The third kappa shape index (κ3) is 15.8. The molecule has 0 aromatic rings. The Hall–Kier alpha value is -3.66. The number of unbranched alkanes of at least 4 members (excludes halogenated alkanes) is 1. The van der Waals surface area contributed by atoms with Gasteiger partial charge in [-0.3, -0.25) is 24.4 Å². The number of amides is 3. The zero-order chi connectivity index (χ0) is 28.4. The summed E-state index contributed by atoms with van der Waals surface area (Å²) in [5.74, 6) is -3.28. The van der Waals surface area contributed by atoms with Crippen LogP contribution in [0.5, 0.6) is 0 Å². The lowest BCUT2D eigenvalue weighted by molar-refractivity contribution is -0.142. The van der Waals surface area contributed by atoms with Gasteiger partial charge in [-0.1, -0.05) is 0 Å². The third-order valence-corrected chi connectivity index (χ3v) is 5.20. The zero-order valence-corrected chi connectivity index (χ0v) is 21.3. The van der Waals surface area contributed by atoms with Crippen LogP contribution in [0.4, 0.5) is 0 Å². The van der Waals surface area contributed by atoms with E-state index in [9.17, 15) is 24.3 Å². The molecule has 0 rings (SSSR count). The lowest BCUT2D eigenvalue weighted by Gasteiger charge is -2.23. The SMILES string of the molecule is CC(NC(=O)C(CCCN=C(N)N)NC(=O)C(N)CCCN=C(N)N)C(=O)NC(CCCCN)C(=O)O. The molecule has 0 saturated carbocycles. The minimum atomic E-state index is -1.19. The van der Waals surface area contributed by atoms with Crippen LogP contribution >= 0.6 is 0 Å². The maximum absolute atomic E-state index is 12.9. The number of hydrogen-bond donors (Lipinski definition) is 10. The van der Waals surface area contributed by atoms with Gasteiger partial charge in [0.2, 0.25) is 17.7 Å². The highest BCUT2D eigenvalue weighted by Gasteiger charge is 2.28. The van der Waals surface area contributed by atoms with E-state index in [-0.39, 0.29) is 37.7 Å². The van der Waals surface area contributed by atoms with Crippen LogP contribution < -0.4 is 50.4 Å². The maximum atomic E-state index is 12.9. The molecular weight excluding hydrogens is 486 g/mol. The first-order valence-electron chi connectivity index (χ1n) is 12.1. The average Bonchev–Trinajstić information content (AvgIpc) is 2.82. The summed E-state index contributed by atoms with van der Waals surface area (Å²) >= 11 is 0. The molecule has 0 bridgehead atoms. The predicted octanol–water partition coefficient (Wildman–Crippen LogP) is -3.89. The van der Waals surface area contributed by atoms with Gasteiger partial charge in [-0.05, 0) is 58.4 Å². The van der Waals surface area contributed by atoms with Gasteiger partial charge in [0.1, 0.15) is 18.1 Å². The normalized spacial score (nSPS) is 13.8. The first kappa shape index (κ1) is 33.3. The second-order valence-electron chi connectivity index (χ2n) is 8.48. The van der Waals surface area contributed by atoms with Gasteiger partial charge in [0.25, 0.3) is 0 Å². The molecule has 0 spiro atoms. The van der Waals surface area contributed by atoms with Crippen LogP contribution in [0.2, 0.25) is 0 Å². The summed E-state index contributed by atoms with van der Waals surface area (Å²) < 4.78 is 0. The summed E-state index contributed by atoms with van der Waals surface area (Å²) in [6.45, 7) is 2.32. The smallest absolute Gasteiger partial charge is 0.326 e. The first-order chi connectivity index (χ1) is 17.4. The van der Waals surface area contributed by atoms with E-state index in [1.807, 2.05) is 0 Å². The van der Waals surface area contributed by atoms with Crippen molar-refractivity contribution in [2.75, 3.05) is 19.6 Å². The quantitative estimate of drug-likeness (QED) is 0.0438. The highest BCUT2D eigenvalue weighted by Crippen LogP contribution is 2.04. The lowest BCUT2D eigenvalue weighted by Crippen LogP contribution is -2.56. The van der Waals surface area contributed by atoms with Gasteiger partial charge in [-0.2, -0.15) is 0 Å². The molecule has 16 heteroatoms. The van der Waals surface area contributed by atoms with Crippen LogP contribution in [0.15, 0.2) is 9.98 Å². The van der Waals surface area contributed by atoms with Crippen LogP contribution in [-0.4, -0.2) is 84.5 Å². The first-order valence-corrected chi connectivity index (χ1v) is 12.1. The molecule has 0 fully saturated rings. The van der Waals surface area contributed by atoms with Crippen molar-refractivity contribution in [1.29, 1.82) is 0 Å². The lowest BCUT2D eigenvalue weighted by atomic mass is 10.1. The molecule has 0 saturated heterocycles. The van der Waals surface area contributed by atoms with Crippen molar-refractivity contribution >= 4 is 35.6 Å². The number of guanidine groups is 2. The number of nitrogens with one attached hydrogen (secondary N) is 3. The molecule has 16 nitrogen and oxygen atoms in total. The van der Waals surface area contributed by atoms with E-state index < -0.39 is 47.9 Å². The Morgan fingerprint density at radius 1 is 0.730 bits per heavy atom. The Balaban J connectivity index is 5.15. The molecule has 4 unspecified atom stereocenters. The van der Waals surface area contributed by atoms with E-state index >= 15 is 0 Å². The van der Waals surface area contributed by atoms with Crippen LogP contribution in [0.25, 0.3) is 0 Å². The molecular formula is C21H43N11O5. The number of hydrogen-bond acceptors (Lipinski definition) is 8. The molecule has 37 heavy (non-hydrogen) atoms. The van der Waals surface area contributed by atoms with Crippen molar-refractivity contribution in [1.82, 2.24) is 16.0 Å². The molecule has 0 radical (unpaired) electrons. The van der Waals surface area contributed by atoms with Crippen molar-refractivity contribution in [2.24, 2.45) is 44.4 Å². The Morgan fingerprint density at radius 2 is 1.24 bits per heavy atom. The fourth-order valence-corrected chi connectivity index (χ4v) is 3.13. The Labute approximate surface area is 216 Å². The zero-order valence-electron chi connectivity index (χ0n) is 21.3. The van der Waals surface area contributed by atoms with Gasteiger partial charge in [0, 0.05) is 13.1 Å². The molecule has 0 heterocycles. The standard InChI is InChI=1S/C21H43N11O5/c1-12(16(33)32-15(19(36)37)7-2-3-9-22)30-18(35)14(8-5-11-29-21(26)27)31-17(34)13(23)6-4-10-28-20(24)25/h12-15H,2-11,22-23H2,1H3,(H,30,35)(H,31,34)(H,32,33)(H,36,37)(H4,24,25,28)(H4,26,27,29). The molecule has 3 amide bonds. The number of carbonyl (C=O) groups is 4. The summed E-state index contributed by atoms with van der Waals surface area (Å²) in [7, 11) is 0. The van der Waals surface area contributed by atoms with Gasteiger partial charge in [-0.15, -0.1) is 0 Å². The third-order valence-electron chi connectivity index (χ3n) is 5.20. The Morgan fingerprint density at radius 3 is 1.76 bits per heavy atom. The monoisotopic (exact) mass is 529 g/mol. The van der Waals surface area contributed by atoms with Crippen molar-refractivity contribution in [3.63, 3.8) is 0 Å². The number of nitrogens with zero attached hydrogens (tertiary/aromatic N) is 2. The Bertz CT molecular complexity index is 798. The molecule has 0 aliphatic heterocycles. The topological polar surface area (TPSA) is 305 Å². The highest BCUT2D eigenvalue weighted by molar-refractivity contribution is 5.93. The molecule has 212 valence electrons. The van der Waals surface area contributed by atoms with E-state index in [4.69, 9.17) is 34.4 Å². The van der Waals surface area contributed by atoms with Crippen molar-refractivity contribution in [2.45, 2.75) is 76.0 Å². The van der Waals surface area contributed by atoms with Gasteiger partial charge >= 0.3 is 5.97 Å². The van der Waals surface area contributed by atoms with E-state index in [0.717, 1.165) is 0 Å². The number of nitrogens with two attached hydrogens (primary N) is 6. The van der Waals surface area contributed by atoms with Gasteiger partial charge < -0.3 is 55.5 Å². The van der Waals surface area contributed by atoms with Crippen LogP contribution in [-0.2, 0) is 19.2 Å². The average molecular weight is 530 g/mol. The largest absolute Gasteiger partial charge is 0.480 e. The van der Waals surface area contributed by atoms with Crippen LogP contribution in [0, 0.1) is 0 Å². The van der Waals surface area contributed by atoms with Crippen LogP contribution in [0.1, 0.15) is 51.9 Å². The van der Waals surface area contributed by atoms with Crippen LogP contribution in [0.3, 0.4) is 0 Å². The molecule has 4 atom stereocenters. The summed E-state index contributed by atoms with van der Waals surface area (Å²) in [4.78, 5) is 57.1. The fraction of sp³-hybridized carbons (Fsp3) is 0.714. The van der Waals surface area contributed by atoms with E-state index in [1.54, 1.807) is 0 Å². The minimum Gasteiger partial charge on any atom is -0.480 e. The molecule has 16 N–H and O–H groups in total. The molecule has 0 aromatic heterocycles. The van der Waals surface area contributed by atoms with Gasteiger partial charge in [0.05, 0.1) is 6.04 Å². The van der Waals surface area contributed by atoms with E-state index in [0.29, 0.717) is 38.8 Å². The van der Waals surface area contributed by atoms with Crippen molar-refractivity contribution < 1.29 is 24.3 Å². The number of carboxylic acid groups (broad SMARTS) is 1. The Kier molecular flexibility index (Phi) is 16.7. The van der Waals surface area contributed by atoms with E-state index in [1.165, 1.54) is 6.92 Å². The second kappa shape index (κ2) is 18.6. The number of carbonyl (C=O) groups excluding carboxylic acids is 3. The van der Waals surface area contributed by atoms with Crippen molar-refractivity contribution in [3.8, 4) is 0 Å². The predicted molar refractivity (Wildman–Crippen MR) is 140 cm³/mol. The van der Waals surface area contributed by atoms with Gasteiger partial charge in [-0.25, -0.2) is 4.79 Å². The summed E-state index contributed by atoms with van der Waals surface area (Å²) in [6.07, 6.45) is 2.54. The summed E-state index contributed by atoms with van der Waals surface area (Å²) in [5.41, 5.74) is 32.5. The van der Waals surface area contributed by atoms with Crippen molar-refractivity contribution in [3.05, 3.63) is 0 Å². The van der Waals surface area contributed by atoms with E-state index in [2.05, 4.69) is 25.9 Å².